The standard InChI is InChI=1S/C21H16F6N2O2/c1-10(2)16-9-18(30)29-17-8-14(3-4-15(16)17)28-19(31)11-5-12(20(22,23)24)7-13(6-11)21(25,26)27/h3-10H,1-2H3,(H,28,31)(H,29,30). The first kappa shape index (κ1) is 22.4. The van der Waals surface area contributed by atoms with Crippen molar-refractivity contribution in [1.29, 1.82) is 0 Å². The Morgan fingerprint density at radius 2 is 1.48 bits per heavy atom. The number of aromatic amines is 1. The average molecular weight is 442 g/mol. The van der Waals surface area contributed by atoms with Crippen LogP contribution in [0.15, 0.2) is 47.3 Å². The monoisotopic (exact) mass is 442 g/mol. The zero-order chi connectivity index (χ0) is 23.1. The van der Waals surface area contributed by atoms with Crippen molar-refractivity contribution in [2.24, 2.45) is 0 Å². The number of amides is 1. The number of pyridine rings is 1. The number of halogens is 6. The predicted octanol–water partition coefficient (Wildman–Crippen LogP) is 5.94. The lowest BCUT2D eigenvalue weighted by Gasteiger charge is -2.15. The molecule has 164 valence electrons. The van der Waals surface area contributed by atoms with E-state index in [1.54, 1.807) is 6.07 Å². The van der Waals surface area contributed by atoms with Gasteiger partial charge >= 0.3 is 12.4 Å². The van der Waals surface area contributed by atoms with Gasteiger partial charge in [0, 0.05) is 22.7 Å². The van der Waals surface area contributed by atoms with Crippen LogP contribution in [0.3, 0.4) is 0 Å². The number of aromatic nitrogens is 1. The van der Waals surface area contributed by atoms with E-state index in [1.807, 2.05) is 13.8 Å². The summed E-state index contributed by atoms with van der Waals surface area (Å²) in [6.45, 7) is 3.77. The molecule has 31 heavy (non-hydrogen) atoms. The minimum Gasteiger partial charge on any atom is -0.322 e. The van der Waals surface area contributed by atoms with Crippen molar-refractivity contribution < 1.29 is 31.1 Å². The number of alkyl halides is 6. The highest BCUT2D eigenvalue weighted by atomic mass is 19.4. The maximum atomic E-state index is 13.0. The Bertz CT molecular complexity index is 1180. The zero-order valence-electron chi connectivity index (χ0n) is 16.2. The van der Waals surface area contributed by atoms with Crippen LogP contribution in [0.1, 0.15) is 46.8 Å². The van der Waals surface area contributed by atoms with Crippen LogP contribution in [-0.2, 0) is 12.4 Å². The van der Waals surface area contributed by atoms with E-state index in [-0.39, 0.29) is 23.2 Å². The minimum absolute atomic E-state index is 0.0242. The van der Waals surface area contributed by atoms with Crippen LogP contribution in [0.2, 0.25) is 0 Å². The van der Waals surface area contributed by atoms with Crippen molar-refractivity contribution in [3.05, 3.63) is 75.1 Å². The fourth-order valence-electron chi connectivity index (χ4n) is 3.13. The van der Waals surface area contributed by atoms with Crippen LogP contribution in [0.5, 0.6) is 0 Å². The molecule has 1 heterocycles. The van der Waals surface area contributed by atoms with Crippen LogP contribution in [-0.4, -0.2) is 10.9 Å². The molecule has 0 radical (unpaired) electrons. The molecular weight excluding hydrogens is 426 g/mol. The number of nitrogens with one attached hydrogen (secondary N) is 2. The van der Waals surface area contributed by atoms with E-state index in [4.69, 9.17) is 0 Å². The number of rotatable bonds is 3. The first-order valence-corrected chi connectivity index (χ1v) is 9.03. The van der Waals surface area contributed by atoms with E-state index in [0.717, 1.165) is 5.56 Å². The average Bonchev–Trinajstić information content (AvgIpc) is 2.65. The summed E-state index contributed by atoms with van der Waals surface area (Å²) in [6.07, 6.45) is -10.1. The second-order valence-corrected chi connectivity index (χ2v) is 7.25. The quantitative estimate of drug-likeness (QED) is 0.493. The smallest absolute Gasteiger partial charge is 0.322 e. The number of carbonyl (C=O) groups is 1. The van der Waals surface area contributed by atoms with E-state index in [0.29, 0.717) is 23.0 Å². The Balaban J connectivity index is 2.01. The molecule has 4 nitrogen and oxygen atoms in total. The van der Waals surface area contributed by atoms with Crippen molar-refractivity contribution in [3.8, 4) is 0 Å². The molecule has 0 aliphatic rings. The van der Waals surface area contributed by atoms with Gasteiger partial charge in [-0.2, -0.15) is 26.3 Å². The summed E-state index contributed by atoms with van der Waals surface area (Å²) >= 11 is 0. The topological polar surface area (TPSA) is 62.0 Å². The van der Waals surface area contributed by atoms with E-state index >= 15 is 0 Å². The molecule has 0 spiro atoms. The molecular formula is C21H16F6N2O2. The first-order valence-electron chi connectivity index (χ1n) is 9.03. The summed E-state index contributed by atoms with van der Waals surface area (Å²) in [6, 6.07) is 6.53. The molecule has 0 unspecified atom stereocenters. The second kappa shape index (κ2) is 7.75. The molecule has 0 atom stereocenters. The Morgan fingerprint density at radius 3 is 2.00 bits per heavy atom. The van der Waals surface area contributed by atoms with Gasteiger partial charge in [-0.25, -0.2) is 0 Å². The van der Waals surface area contributed by atoms with Crippen LogP contribution < -0.4 is 10.9 Å². The second-order valence-electron chi connectivity index (χ2n) is 7.25. The largest absolute Gasteiger partial charge is 0.416 e. The lowest BCUT2D eigenvalue weighted by molar-refractivity contribution is -0.143. The highest BCUT2D eigenvalue weighted by molar-refractivity contribution is 6.05. The molecule has 0 saturated heterocycles. The third-order valence-corrected chi connectivity index (χ3v) is 4.60. The number of anilines is 1. The Kier molecular flexibility index (Phi) is 5.60. The van der Waals surface area contributed by atoms with Gasteiger partial charge in [0.25, 0.3) is 5.91 Å². The molecule has 0 aliphatic heterocycles. The van der Waals surface area contributed by atoms with Crippen molar-refractivity contribution >= 4 is 22.5 Å². The summed E-state index contributed by atoms with van der Waals surface area (Å²) in [5, 5.41) is 2.98. The third-order valence-electron chi connectivity index (χ3n) is 4.60. The number of fused-ring (bicyclic) bond motifs is 1. The summed E-state index contributed by atoms with van der Waals surface area (Å²) in [5.74, 6) is -1.13. The lowest BCUT2D eigenvalue weighted by Crippen LogP contribution is -2.17. The van der Waals surface area contributed by atoms with E-state index in [1.165, 1.54) is 18.2 Å². The third kappa shape index (κ3) is 4.89. The molecule has 2 aromatic carbocycles. The highest BCUT2D eigenvalue weighted by Crippen LogP contribution is 2.36. The van der Waals surface area contributed by atoms with Gasteiger partial charge in [0.05, 0.1) is 16.6 Å². The summed E-state index contributed by atoms with van der Waals surface area (Å²) in [7, 11) is 0. The van der Waals surface area contributed by atoms with Crippen LogP contribution in [0, 0.1) is 0 Å². The van der Waals surface area contributed by atoms with Crippen LogP contribution in [0.25, 0.3) is 10.9 Å². The van der Waals surface area contributed by atoms with Crippen molar-refractivity contribution in [2.75, 3.05) is 5.32 Å². The van der Waals surface area contributed by atoms with E-state index < -0.39 is 35.0 Å². The van der Waals surface area contributed by atoms with Gasteiger partial charge in [-0.1, -0.05) is 19.9 Å². The molecule has 1 amide bonds. The van der Waals surface area contributed by atoms with Gasteiger partial charge in [0.2, 0.25) is 5.56 Å². The molecule has 0 saturated carbocycles. The molecule has 1 aromatic heterocycles. The van der Waals surface area contributed by atoms with E-state index in [2.05, 4.69) is 10.3 Å². The van der Waals surface area contributed by atoms with Crippen molar-refractivity contribution in [2.45, 2.75) is 32.1 Å². The molecule has 0 bridgehead atoms. The van der Waals surface area contributed by atoms with Gasteiger partial charge in [0.15, 0.2) is 0 Å². The first-order chi connectivity index (χ1) is 14.3. The fraction of sp³-hybridized carbons (Fsp3) is 0.238. The van der Waals surface area contributed by atoms with Gasteiger partial charge in [-0.15, -0.1) is 0 Å². The minimum atomic E-state index is -5.06. The number of hydrogen-bond donors (Lipinski definition) is 2. The van der Waals surface area contributed by atoms with Gasteiger partial charge in [-0.3, -0.25) is 9.59 Å². The van der Waals surface area contributed by atoms with Gasteiger partial charge in [0.1, 0.15) is 0 Å². The Morgan fingerprint density at radius 1 is 0.903 bits per heavy atom. The summed E-state index contributed by atoms with van der Waals surface area (Å²) in [4.78, 5) is 26.9. The maximum Gasteiger partial charge on any atom is 0.416 e. The Labute approximate surface area is 171 Å². The molecule has 0 fully saturated rings. The zero-order valence-corrected chi connectivity index (χ0v) is 16.2. The SMILES string of the molecule is CC(C)c1cc(=O)[nH]c2cc(NC(=O)c3cc(C(F)(F)F)cc(C(F)(F)F)c3)ccc12. The number of carbonyl (C=O) groups excluding carboxylic acids is 1. The maximum absolute atomic E-state index is 13.0. The summed E-state index contributed by atoms with van der Waals surface area (Å²) in [5.41, 5.74) is -3.13. The number of H-pyrrole nitrogens is 1. The van der Waals surface area contributed by atoms with Crippen molar-refractivity contribution in [1.82, 2.24) is 4.98 Å². The number of benzene rings is 2. The predicted molar refractivity (Wildman–Crippen MR) is 103 cm³/mol. The lowest BCUT2D eigenvalue weighted by atomic mass is 9.99. The van der Waals surface area contributed by atoms with Crippen molar-refractivity contribution in [3.63, 3.8) is 0 Å². The highest BCUT2D eigenvalue weighted by Gasteiger charge is 2.37. The van der Waals surface area contributed by atoms with Crippen LogP contribution in [0.4, 0.5) is 32.0 Å². The fourth-order valence-corrected chi connectivity index (χ4v) is 3.13. The normalized spacial score (nSPS) is 12.4. The summed E-state index contributed by atoms with van der Waals surface area (Å²) < 4.78 is 78.1. The molecule has 3 rings (SSSR count). The van der Waals surface area contributed by atoms with Gasteiger partial charge < -0.3 is 10.3 Å². The Hall–Kier alpha value is -3.30. The van der Waals surface area contributed by atoms with Crippen LogP contribution >= 0.6 is 0 Å². The van der Waals surface area contributed by atoms with Gasteiger partial charge in [-0.05, 0) is 41.8 Å². The number of hydrogen-bond acceptors (Lipinski definition) is 2. The molecule has 3 aromatic rings. The molecule has 0 aliphatic carbocycles. The molecule has 2 N–H and O–H groups in total. The van der Waals surface area contributed by atoms with E-state index in [9.17, 15) is 35.9 Å². The molecule has 10 heteroatoms.